The Kier molecular flexibility index (Phi) is 5.26. The fourth-order valence-corrected chi connectivity index (χ4v) is 6.06. The molecule has 4 heterocycles. The van der Waals surface area contributed by atoms with Crippen molar-refractivity contribution < 1.29 is 33.6 Å². The van der Waals surface area contributed by atoms with Crippen molar-refractivity contribution in [2.24, 2.45) is 5.73 Å². The first kappa shape index (κ1) is 24.9. The van der Waals surface area contributed by atoms with Crippen LogP contribution in [0.15, 0.2) is 43.0 Å². The average Bonchev–Trinajstić information content (AvgIpc) is 3.39. The molecule has 0 radical (unpaired) electrons. The third-order valence-electron chi connectivity index (χ3n) is 8.04. The van der Waals surface area contributed by atoms with Crippen molar-refractivity contribution in [1.29, 1.82) is 0 Å². The van der Waals surface area contributed by atoms with E-state index < -0.39 is 36.1 Å². The summed E-state index contributed by atoms with van der Waals surface area (Å²) in [5.41, 5.74) is 7.83. The standard InChI is InChI=1S/C26H23F2N7O5/c27-23(28)40-17-4-1-3-14-18(17)15-7-16(35(21(14)36)26(37,38)39)19-20(15)34-11-13(10-32-24(34)33-19)12-8-30-22(31-9-12)25(29)5-2-6-25/h1,3-4,8-11,15-16,23,37-39H,2,5-7,29H2. The maximum absolute atomic E-state index is 13.4. The molecule has 2 atom stereocenters. The number of alkyl halides is 2. The number of carbonyl (C=O) groups excluding carboxylic acids is 1. The van der Waals surface area contributed by atoms with Crippen molar-refractivity contribution in [3.63, 3.8) is 0 Å². The molecule has 4 aromatic rings. The van der Waals surface area contributed by atoms with Gasteiger partial charge in [0.05, 0.1) is 23.0 Å². The second-order valence-electron chi connectivity index (χ2n) is 10.4. The van der Waals surface area contributed by atoms with E-state index in [9.17, 15) is 28.9 Å². The number of aliphatic hydroxyl groups is 3. The normalized spacial score (nSPS) is 21.3. The van der Waals surface area contributed by atoms with Gasteiger partial charge in [-0.3, -0.25) is 14.1 Å². The molecule has 12 nitrogen and oxygen atoms in total. The summed E-state index contributed by atoms with van der Waals surface area (Å²) in [5, 5.41) is 30.6. The summed E-state index contributed by atoms with van der Waals surface area (Å²) in [6.07, 6.45) is 5.74. The fourth-order valence-electron chi connectivity index (χ4n) is 6.06. The van der Waals surface area contributed by atoms with Crippen LogP contribution in [-0.2, 0) is 5.54 Å². The van der Waals surface area contributed by atoms with Gasteiger partial charge in [-0.1, -0.05) is 6.07 Å². The molecule has 14 heteroatoms. The number of halogens is 2. The van der Waals surface area contributed by atoms with Gasteiger partial charge >= 0.3 is 12.7 Å². The molecule has 3 aromatic heterocycles. The molecule has 206 valence electrons. The summed E-state index contributed by atoms with van der Waals surface area (Å²) in [4.78, 5) is 31.8. The number of amides is 1. The van der Waals surface area contributed by atoms with Crippen molar-refractivity contribution in [3.8, 4) is 16.9 Å². The second kappa shape index (κ2) is 8.44. The van der Waals surface area contributed by atoms with E-state index >= 15 is 0 Å². The number of hydrogen-bond donors (Lipinski definition) is 4. The number of aromatic nitrogens is 5. The molecule has 2 unspecified atom stereocenters. The minimum Gasteiger partial charge on any atom is -0.434 e. The summed E-state index contributed by atoms with van der Waals surface area (Å²) in [6.45, 7) is -3.17. The number of ether oxygens (including phenoxy) is 1. The summed E-state index contributed by atoms with van der Waals surface area (Å²) >= 11 is 0. The highest BCUT2D eigenvalue weighted by Crippen LogP contribution is 2.53. The molecule has 5 N–H and O–H groups in total. The van der Waals surface area contributed by atoms with E-state index in [1.54, 1.807) is 29.2 Å². The minimum atomic E-state index is -3.55. The van der Waals surface area contributed by atoms with E-state index in [1.807, 2.05) is 0 Å². The van der Waals surface area contributed by atoms with E-state index in [1.165, 1.54) is 18.2 Å². The number of rotatable bonds is 5. The van der Waals surface area contributed by atoms with Crippen molar-refractivity contribution in [2.75, 3.05) is 0 Å². The maximum atomic E-state index is 13.4. The van der Waals surface area contributed by atoms with Gasteiger partial charge in [-0.2, -0.15) is 8.78 Å². The zero-order chi connectivity index (χ0) is 28.0. The molecule has 1 aliphatic heterocycles. The monoisotopic (exact) mass is 551 g/mol. The molecule has 40 heavy (non-hydrogen) atoms. The third-order valence-corrected chi connectivity index (χ3v) is 8.04. The number of imidazole rings is 1. The van der Waals surface area contributed by atoms with Gasteiger partial charge in [0, 0.05) is 53.0 Å². The van der Waals surface area contributed by atoms with Crippen LogP contribution < -0.4 is 10.5 Å². The van der Waals surface area contributed by atoms with Gasteiger partial charge in [0.2, 0.25) is 5.78 Å². The number of fused-ring (bicyclic) bond motifs is 9. The molecule has 1 fully saturated rings. The predicted molar refractivity (Wildman–Crippen MR) is 132 cm³/mol. The summed E-state index contributed by atoms with van der Waals surface area (Å²) in [6, 6.07) is 2.90. The lowest BCUT2D eigenvalue weighted by atomic mass is 9.77. The van der Waals surface area contributed by atoms with E-state index in [0.717, 1.165) is 19.3 Å². The Balaban J connectivity index is 1.40. The first-order valence-electron chi connectivity index (χ1n) is 12.6. The molecule has 0 saturated heterocycles. The third kappa shape index (κ3) is 3.60. The Labute approximate surface area is 224 Å². The highest BCUT2D eigenvalue weighted by atomic mass is 19.3. The number of carbonyl (C=O) groups is 1. The highest BCUT2D eigenvalue weighted by molar-refractivity contribution is 5.98. The van der Waals surface area contributed by atoms with Crippen molar-refractivity contribution in [1.82, 2.24) is 29.2 Å². The Hall–Kier alpha value is -4.11. The number of hydrogen-bond acceptors (Lipinski definition) is 10. The van der Waals surface area contributed by atoms with E-state index in [0.29, 0.717) is 27.5 Å². The fraction of sp³-hybridized carbons (Fsp3) is 0.346. The molecule has 0 spiro atoms. The van der Waals surface area contributed by atoms with Gasteiger partial charge in [0.15, 0.2) is 0 Å². The van der Waals surface area contributed by atoms with E-state index in [-0.39, 0.29) is 34.8 Å². The van der Waals surface area contributed by atoms with Gasteiger partial charge in [-0.15, -0.1) is 0 Å². The highest BCUT2D eigenvalue weighted by Gasteiger charge is 2.52. The molecular weight excluding hydrogens is 528 g/mol. The average molecular weight is 552 g/mol. The number of nitrogens with zero attached hydrogens (tertiary/aromatic N) is 6. The van der Waals surface area contributed by atoms with Crippen molar-refractivity contribution >= 4 is 11.7 Å². The zero-order valence-corrected chi connectivity index (χ0v) is 20.8. The van der Waals surface area contributed by atoms with E-state index in [2.05, 4.69) is 19.9 Å². The predicted octanol–water partition coefficient (Wildman–Crippen LogP) is 1.75. The lowest BCUT2D eigenvalue weighted by Gasteiger charge is -2.36. The van der Waals surface area contributed by atoms with E-state index in [4.69, 9.17) is 10.5 Å². The quantitative estimate of drug-likeness (QED) is 0.268. The summed E-state index contributed by atoms with van der Waals surface area (Å²) < 4.78 is 33.2. The van der Waals surface area contributed by atoms with Crippen LogP contribution in [0.5, 0.6) is 5.75 Å². The van der Waals surface area contributed by atoms with Crippen LogP contribution in [0.25, 0.3) is 16.9 Å². The minimum absolute atomic E-state index is 0.0208. The van der Waals surface area contributed by atoms with Gasteiger partial charge in [0.1, 0.15) is 11.6 Å². The second-order valence-corrected chi connectivity index (χ2v) is 10.4. The van der Waals surface area contributed by atoms with Crippen molar-refractivity contribution in [2.45, 2.75) is 55.9 Å². The van der Waals surface area contributed by atoms with Crippen LogP contribution >= 0.6 is 0 Å². The molecule has 1 aromatic carbocycles. The maximum Gasteiger partial charge on any atom is 0.387 e. The zero-order valence-electron chi connectivity index (χ0n) is 20.8. The molecular formula is C26H23F2N7O5. The summed E-state index contributed by atoms with van der Waals surface area (Å²) in [5.74, 6) is -1.17. The molecule has 3 aliphatic rings. The van der Waals surface area contributed by atoms with Gasteiger partial charge in [0.25, 0.3) is 5.91 Å². The molecule has 1 amide bonds. The lowest BCUT2D eigenvalue weighted by Crippen LogP contribution is -2.53. The van der Waals surface area contributed by atoms with Crippen LogP contribution in [-0.4, -0.2) is 63.2 Å². The molecule has 1 saturated carbocycles. The summed E-state index contributed by atoms with van der Waals surface area (Å²) in [7, 11) is 0. The first-order chi connectivity index (χ1) is 19.0. The van der Waals surface area contributed by atoms with Gasteiger partial charge in [-0.25, -0.2) is 19.9 Å². The Morgan fingerprint density at radius 3 is 2.48 bits per heavy atom. The molecule has 2 bridgehead atoms. The SMILES string of the molecule is NC1(c2ncc(-c3cnc4nc5c(n4c3)C3CC5N(C(O)(O)O)C(=O)c4cccc(OC(F)F)c43)cn2)CCC1. The van der Waals surface area contributed by atoms with Crippen LogP contribution in [0.3, 0.4) is 0 Å². The largest absolute Gasteiger partial charge is 0.434 e. The van der Waals surface area contributed by atoms with Crippen molar-refractivity contribution in [3.05, 3.63) is 71.3 Å². The van der Waals surface area contributed by atoms with Crippen LogP contribution in [0.1, 0.15) is 70.8 Å². The number of nitrogens with two attached hydrogens (primary N) is 1. The Morgan fingerprint density at radius 1 is 1.10 bits per heavy atom. The Morgan fingerprint density at radius 2 is 1.82 bits per heavy atom. The Bertz CT molecular complexity index is 1670. The van der Waals surface area contributed by atoms with Crippen LogP contribution in [0.2, 0.25) is 0 Å². The van der Waals surface area contributed by atoms with Gasteiger partial charge < -0.3 is 25.8 Å². The molecule has 7 rings (SSSR count). The van der Waals surface area contributed by atoms with Gasteiger partial charge in [-0.05, 0) is 37.8 Å². The smallest absolute Gasteiger partial charge is 0.387 e. The lowest BCUT2D eigenvalue weighted by molar-refractivity contribution is -0.385. The first-order valence-corrected chi connectivity index (χ1v) is 12.6. The van der Waals surface area contributed by atoms with Crippen LogP contribution in [0, 0.1) is 0 Å². The van der Waals surface area contributed by atoms with Crippen LogP contribution in [0.4, 0.5) is 8.78 Å². The number of benzene rings is 1. The topological polar surface area (TPSA) is 172 Å². The molecule has 2 aliphatic carbocycles.